The zero-order valence-corrected chi connectivity index (χ0v) is 18.2. The Bertz CT molecular complexity index is 1060. The molecule has 3 amide bonds. The molecule has 31 heavy (non-hydrogen) atoms. The number of benzene rings is 1. The van der Waals surface area contributed by atoms with Gasteiger partial charge in [-0.25, -0.2) is 13.4 Å². The molecule has 0 radical (unpaired) electrons. The highest BCUT2D eigenvalue weighted by Gasteiger charge is 2.47. The average Bonchev–Trinajstić information content (AvgIpc) is 3.34. The van der Waals surface area contributed by atoms with Gasteiger partial charge in [-0.2, -0.15) is 0 Å². The summed E-state index contributed by atoms with van der Waals surface area (Å²) in [5.74, 6) is -1.13. The first-order valence-electron chi connectivity index (χ1n) is 10.0. The minimum Gasteiger partial charge on any atom is -0.326 e. The van der Waals surface area contributed by atoms with E-state index in [-0.39, 0.29) is 52.5 Å². The Labute approximate surface area is 183 Å². The fourth-order valence-corrected chi connectivity index (χ4v) is 5.84. The predicted octanol–water partition coefficient (Wildman–Crippen LogP) is 2.45. The van der Waals surface area contributed by atoms with E-state index in [1.807, 2.05) is 0 Å². The van der Waals surface area contributed by atoms with Gasteiger partial charge >= 0.3 is 0 Å². The second kappa shape index (κ2) is 8.75. The maximum atomic E-state index is 12.5. The lowest BCUT2D eigenvalue weighted by Crippen LogP contribution is -2.34. The molecule has 2 N–H and O–H groups in total. The molecule has 1 saturated heterocycles. The Balaban J connectivity index is 1.32. The number of amides is 3. The van der Waals surface area contributed by atoms with Crippen molar-refractivity contribution in [1.29, 1.82) is 0 Å². The number of anilines is 2. The van der Waals surface area contributed by atoms with Gasteiger partial charge < -0.3 is 5.32 Å². The Kier molecular flexibility index (Phi) is 6.05. The Hall–Kier alpha value is -2.79. The molecule has 1 aromatic carbocycles. The Morgan fingerprint density at radius 2 is 1.74 bits per heavy atom. The molecule has 1 aliphatic heterocycles. The number of nitrogens with one attached hydrogen (secondary N) is 2. The molecule has 0 unspecified atom stereocenters. The van der Waals surface area contributed by atoms with Gasteiger partial charge in [-0.3, -0.25) is 24.0 Å². The minimum absolute atomic E-state index is 0.0113. The van der Waals surface area contributed by atoms with Gasteiger partial charge in [0.15, 0.2) is 5.13 Å². The van der Waals surface area contributed by atoms with Crippen molar-refractivity contribution < 1.29 is 22.8 Å². The summed E-state index contributed by atoms with van der Waals surface area (Å²) in [4.78, 5) is 42.4. The number of carbonyl (C=O) groups excluding carboxylic acids is 3. The summed E-state index contributed by atoms with van der Waals surface area (Å²) in [5, 5.41) is 4.60. The van der Waals surface area contributed by atoms with Crippen LogP contribution in [0.3, 0.4) is 0 Å². The van der Waals surface area contributed by atoms with Crippen LogP contribution >= 0.6 is 11.3 Å². The molecule has 0 bridgehead atoms. The Morgan fingerprint density at radius 1 is 1.10 bits per heavy atom. The number of sulfonamides is 1. The SMILES string of the molecule is O=C(CCN1C(=O)[C@H]2CCCC[C@@H]2C1=O)Nc1ccc(S(=O)(=O)Nc2nccs2)cc1. The first-order valence-corrected chi connectivity index (χ1v) is 12.4. The van der Waals surface area contributed by atoms with Crippen LogP contribution in [-0.4, -0.2) is 42.6 Å². The van der Waals surface area contributed by atoms with E-state index in [0.29, 0.717) is 5.69 Å². The van der Waals surface area contributed by atoms with E-state index in [2.05, 4.69) is 15.0 Å². The third-order valence-corrected chi connectivity index (χ3v) is 7.77. The van der Waals surface area contributed by atoms with Gasteiger partial charge in [0.2, 0.25) is 17.7 Å². The molecule has 0 spiro atoms. The number of likely N-dealkylation sites (tertiary alicyclic amines) is 1. The van der Waals surface area contributed by atoms with Crippen molar-refractivity contribution in [3.05, 3.63) is 35.8 Å². The van der Waals surface area contributed by atoms with E-state index >= 15 is 0 Å². The number of thiazole rings is 1. The summed E-state index contributed by atoms with van der Waals surface area (Å²) in [5.41, 5.74) is 0.422. The van der Waals surface area contributed by atoms with Crippen LogP contribution in [0.5, 0.6) is 0 Å². The van der Waals surface area contributed by atoms with Crippen LogP contribution in [0.15, 0.2) is 40.7 Å². The second-order valence-electron chi connectivity index (χ2n) is 7.59. The van der Waals surface area contributed by atoms with E-state index in [4.69, 9.17) is 0 Å². The van der Waals surface area contributed by atoms with Gasteiger partial charge in [-0.15, -0.1) is 11.3 Å². The van der Waals surface area contributed by atoms with Gasteiger partial charge in [0.1, 0.15) is 0 Å². The van der Waals surface area contributed by atoms with Crippen LogP contribution in [0.4, 0.5) is 10.8 Å². The van der Waals surface area contributed by atoms with Crippen molar-refractivity contribution >= 4 is 49.9 Å². The number of hydrogen-bond donors (Lipinski definition) is 2. The number of carbonyl (C=O) groups is 3. The molecule has 2 aromatic rings. The van der Waals surface area contributed by atoms with Gasteiger partial charge in [0, 0.05) is 30.2 Å². The summed E-state index contributed by atoms with van der Waals surface area (Å²) in [6, 6.07) is 5.72. The van der Waals surface area contributed by atoms with E-state index < -0.39 is 10.0 Å². The first-order chi connectivity index (χ1) is 14.8. The molecule has 2 fully saturated rings. The topological polar surface area (TPSA) is 126 Å². The first kappa shape index (κ1) is 21.4. The zero-order chi connectivity index (χ0) is 22.0. The predicted molar refractivity (Wildman–Crippen MR) is 115 cm³/mol. The zero-order valence-electron chi connectivity index (χ0n) is 16.6. The maximum absolute atomic E-state index is 12.5. The van der Waals surface area contributed by atoms with Crippen molar-refractivity contribution in [2.45, 2.75) is 37.0 Å². The summed E-state index contributed by atoms with van der Waals surface area (Å²) < 4.78 is 27.1. The number of nitrogens with zero attached hydrogens (tertiary/aromatic N) is 2. The highest BCUT2D eigenvalue weighted by molar-refractivity contribution is 7.93. The summed E-state index contributed by atoms with van der Waals surface area (Å²) >= 11 is 1.17. The number of hydrogen-bond acceptors (Lipinski definition) is 7. The van der Waals surface area contributed by atoms with E-state index in [1.165, 1.54) is 46.7 Å². The molecular formula is C20H22N4O5S2. The van der Waals surface area contributed by atoms with Crippen molar-refractivity contribution in [2.75, 3.05) is 16.6 Å². The van der Waals surface area contributed by atoms with Gasteiger partial charge in [-0.05, 0) is 37.1 Å². The number of aromatic nitrogens is 1. The highest BCUT2D eigenvalue weighted by Crippen LogP contribution is 2.38. The minimum atomic E-state index is -3.77. The van der Waals surface area contributed by atoms with E-state index in [1.54, 1.807) is 5.38 Å². The lowest BCUT2D eigenvalue weighted by Gasteiger charge is -2.19. The van der Waals surface area contributed by atoms with Crippen LogP contribution in [0.1, 0.15) is 32.1 Å². The average molecular weight is 463 g/mol. The summed E-state index contributed by atoms with van der Waals surface area (Å²) in [6.45, 7) is 0.0562. The molecule has 1 aliphatic carbocycles. The standard InChI is InChI=1S/C20H22N4O5S2/c25-17(9-11-24-18(26)15-3-1-2-4-16(15)19(24)27)22-13-5-7-14(8-6-13)31(28,29)23-20-21-10-12-30-20/h5-8,10,12,15-16H,1-4,9,11H2,(H,21,23)(H,22,25)/t15-,16-/m0/s1. The fraction of sp³-hybridized carbons (Fsp3) is 0.400. The number of fused-ring (bicyclic) bond motifs is 1. The number of rotatable bonds is 7. The third kappa shape index (κ3) is 4.62. The summed E-state index contributed by atoms with van der Waals surface area (Å²) in [7, 11) is -3.77. The molecule has 4 rings (SSSR count). The molecule has 2 aliphatic rings. The lowest BCUT2D eigenvalue weighted by molar-refractivity contribution is -0.140. The lowest BCUT2D eigenvalue weighted by atomic mass is 9.81. The van der Waals surface area contributed by atoms with Crippen LogP contribution in [0.2, 0.25) is 0 Å². The number of imide groups is 1. The van der Waals surface area contributed by atoms with Crippen molar-refractivity contribution in [2.24, 2.45) is 11.8 Å². The monoisotopic (exact) mass is 462 g/mol. The van der Waals surface area contributed by atoms with Crippen molar-refractivity contribution in [3.8, 4) is 0 Å². The van der Waals surface area contributed by atoms with E-state index in [9.17, 15) is 22.8 Å². The highest BCUT2D eigenvalue weighted by atomic mass is 32.2. The maximum Gasteiger partial charge on any atom is 0.263 e. The summed E-state index contributed by atoms with van der Waals surface area (Å²) in [6.07, 6.45) is 4.88. The smallest absolute Gasteiger partial charge is 0.263 e. The molecule has 2 heterocycles. The quantitative estimate of drug-likeness (QED) is 0.609. The fourth-order valence-electron chi connectivity index (χ4n) is 4.05. The van der Waals surface area contributed by atoms with E-state index in [0.717, 1.165) is 25.7 Å². The molecule has 1 aromatic heterocycles. The molecule has 11 heteroatoms. The van der Waals surface area contributed by atoms with Crippen molar-refractivity contribution in [1.82, 2.24) is 9.88 Å². The molecule has 9 nitrogen and oxygen atoms in total. The second-order valence-corrected chi connectivity index (χ2v) is 10.2. The normalized spacial score (nSPS) is 21.1. The molecule has 2 atom stereocenters. The molecule has 1 saturated carbocycles. The van der Waals surface area contributed by atoms with Gasteiger partial charge in [-0.1, -0.05) is 12.8 Å². The molecule has 164 valence electrons. The largest absolute Gasteiger partial charge is 0.326 e. The molecular weight excluding hydrogens is 440 g/mol. The van der Waals surface area contributed by atoms with Crippen LogP contribution < -0.4 is 10.0 Å². The van der Waals surface area contributed by atoms with Crippen molar-refractivity contribution in [3.63, 3.8) is 0 Å². The van der Waals surface area contributed by atoms with Crippen LogP contribution in [0.25, 0.3) is 0 Å². The Morgan fingerprint density at radius 3 is 2.32 bits per heavy atom. The van der Waals surface area contributed by atoms with Gasteiger partial charge in [0.25, 0.3) is 10.0 Å². The third-order valence-electron chi connectivity index (χ3n) is 5.60. The van der Waals surface area contributed by atoms with Gasteiger partial charge in [0.05, 0.1) is 16.7 Å². The van der Waals surface area contributed by atoms with Crippen LogP contribution in [0, 0.1) is 11.8 Å². The van der Waals surface area contributed by atoms with Crippen LogP contribution in [-0.2, 0) is 24.4 Å².